The number of rotatable bonds is 5. The van der Waals surface area contributed by atoms with Gasteiger partial charge in [0.2, 0.25) is 0 Å². The zero-order valence-electron chi connectivity index (χ0n) is 14.1. The first kappa shape index (κ1) is 17.2. The molecule has 2 aromatic rings. The lowest BCUT2D eigenvalue weighted by atomic mass is 10.1. The third-order valence-corrected chi connectivity index (χ3v) is 3.71. The van der Waals surface area contributed by atoms with E-state index in [0.29, 0.717) is 5.82 Å². The molecule has 0 spiro atoms. The fourth-order valence-corrected chi connectivity index (χ4v) is 2.31. The summed E-state index contributed by atoms with van der Waals surface area (Å²) in [5.41, 5.74) is 3.69. The summed E-state index contributed by atoms with van der Waals surface area (Å²) in [5.74, 6) is 0.172. The van der Waals surface area contributed by atoms with Crippen molar-refractivity contribution in [1.29, 1.82) is 5.26 Å². The van der Waals surface area contributed by atoms with E-state index < -0.39 is 5.91 Å². The van der Waals surface area contributed by atoms with Gasteiger partial charge in [0.25, 0.3) is 5.91 Å². The van der Waals surface area contributed by atoms with E-state index in [2.05, 4.69) is 15.6 Å². The highest BCUT2D eigenvalue weighted by molar-refractivity contribution is 6.07. The second-order valence-electron chi connectivity index (χ2n) is 5.40. The first-order chi connectivity index (χ1) is 11.6. The molecule has 1 aromatic carbocycles. The van der Waals surface area contributed by atoms with E-state index in [4.69, 9.17) is 0 Å². The Hall–Kier alpha value is -3.13. The van der Waals surface area contributed by atoms with Crippen molar-refractivity contribution < 1.29 is 4.79 Å². The van der Waals surface area contributed by atoms with E-state index in [1.165, 1.54) is 6.20 Å². The van der Waals surface area contributed by atoms with Crippen LogP contribution < -0.4 is 10.6 Å². The van der Waals surface area contributed by atoms with E-state index >= 15 is 0 Å². The minimum absolute atomic E-state index is 0.00893. The van der Waals surface area contributed by atoms with E-state index in [9.17, 15) is 10.1 Å². The molecule has 0 saturated heterocycles. The van der Waals surface area contributed by atoms with Crippen LogP contribution >= 0.6 is 0 Å². The van der Waals surface area contributed by atoms with E-state index in [1.807, 2.05) is 57.2 Å². The van der Waals surface area contributed by atoms with Crippen molar-refractivity contribution >= 4 is 17.4 Å². The van der Waals surface area contributed by atoms with Gasteiger partial charge in [-0.15, -0.1) is 0 Å². The van der Waals surface area contributed by atoms with Crippen LogP contribution in [0.5, 0.6) is 0 Å². The van der Waals surface area contributed by atoms with Crippen molar-refractivity contribution in [2.75, 3.05) is 10.6 Å². The molecule has 0 unspecified atom stereocenters. The minimum Gasteiger partial charge on any atom is -0.345 e. The number of para-hydroxylation sites is 1. The van der Waals surface area contributed by atoms with E-state index in [0.717, 1.165) is 28.8 Å². The van der Waals surface area contributed by atoms with Crippen LogP contribution in [-0.4, -0.2) is 10.9 Å². The van der Waals surface area contributed by atoms with Gasteiger partial charge in [0.1, 0.15) is 17.5 Å². The van der Waals surface area contributed by atoms with E-state index in [1.54, 1.807) is 6.20 Å². The van der Waals surface area contributed by atoms with Crippen molar-refractivity contribution in [2.45, 2.75) is 27.2 Å². The molecule has 0 fully saturated rings. The second-order valence-corrected chi connectivity index (χ2v) is 5.40. The number of amides is 1. The van der Waals surface area contributed by atoms with Crippen LogP contribution in [0.2, 0.25) is 0 Å². The molecule has 0 atom stereocenters. The maximum absolute atomic E-state index is 12.4. The Kier molecular flexibility index (Phi) is 5.69. The number of nitriles is 1. The van der Waals surface area contributed by atoms with Crippen molar-refractivity contribution in [3.8, 4) is 6.07 Å². The number of pyridine rings is 1. The van der Waals surface area contributed by atoms with Gasteiger partial charge in [-0.2, -0.15) is 5.26 Å². The zero-order valence-corrected chi connectivity index (χ0v) is 14.1. The predicted molar refractivity (Wildman–Crippen MR) is 95.5 cm³/mol. The third kappa shape index (κ3) is 3.99. The number of nitrogens with one attached hydrogen (secondary N) is 2. The highest BCUT2D eigenvalue weighted by Gasteiger charge is 2.13. The molecule has 5 heteroatoms. The van der Waals surface area contributed by atoms with Crippen molar-refractivity contribution in [3.05, 3.63) is 65.0 Å². The maximum Gasteiger partial charge on any atom is 0.267 e. The van der Waals surface area contributed by atoms with Crippen LogP contribution in [0.1, 0.15) is 23.6 Å². The van der Waals surface area contributed by atoms with Gasteiger partial charge in [-0.1, -0.05) is 31.2 Å². The summed E-state index contributed by atoms with van der Waals surface area (Å²) < 4.78 is 0. The largest absolute Gasteiger partial charge is 0.345 e. The first-order valence-electron chi connectivity index (χ1n) is 7.75. The lowest BCUT2D eigenvalue weighted by molar-refractivity contribution is -0.112. The smallest absolute Gasteiger partial charge is 0.267 e. The Morgan fingerprint density at radius 3 is 2.67 bits per heavy atom. The van der Waals surface area contributed by atoms with Crippen molar-refractivity contribution in [3.63, 3.8) is 0 Å². The summed E-state index contributed by atoms with van der Waals surface area (Å²) in [4.78, 5) is 16.6. The Morgan fingerprint density at radius 2 is 2.00 bits per heavy atom. The van der Waals surface area contributed by atoms with Crippen LogP contribution in [0, 0.1) is 25.2 Å². The highest BCUT2D eigenvalue weighted by Crippen LogP contribution is 2.21. The van der Waals surface area contributed by atoms with Crippen LogP contribution in [-0.2, 0) is 11.2 Å². The minimum atomic E-state index is -0.442. The van der Waals surface area contributed by atoms with Gasteiger partial charge in [0.15, 0.2) is 0 Å². The number of carbonyl (C=O) groups excluding carboxylic acids is 1. The zero-order chi connectivity index (χ0) is 17.5. The maximum atomic E-state index is 12.4. The molecule has 0 radical (unpaired) electrons. The van der Waals surface area contributed by atoms with Crippen LogP contribution in [0.4, 0.5) is 11.5 Å². The Bertz CT molecular complexity index is 818. The predicted octanol–water partition coefficient (Wildman–Crippen LogP) is 3.72. The summed E-state index contributed by atoms with van der Waals surface area (Å²) in [6.07, 6.45) is 3.83. The summed E-state index contributed by atoms with van der Waals surface area (Å²) in [6.45, 7) is 5.85. The lowest BCUT2D eigenvalue weighted by Gasteiger charge is -2.12. The molecule has 122 valence electrons. The van der Waals surface area contributed by atoms with Gasteiger partial charge in [0, 0.05) is 18.1 Å². The fraction of sp³-hybridized carbons (Fsp3) is 0.211. The molecule has 2 rings (SSSR count). The van der Waals surface area contributed by atoms with E-state index in [-0.39, 0.29) is 5.57 Å². The van der Waals surface area contributed by atoms with Crippen LogP contribution in [0.15, 0.2) is 48.3 Å². The molecular formula is C19H20N4O. The van der Waals surface area contributed by atoms with Crippen LogP contribution in [0.3, 0.4) is 0 Å². The normalized spacial score (nSPS) is 10.8. The molecule has 1 aromatic heterocycles. The van der Waals surface area contributed by atoms with Gasteiger partial charge in [-0.3, -0.25) is 4.79 Å². The molecule has 0 aliphatic carbocycles. The molecule has 24 heavy (non-hydrogen) atoms. The topological polar surface area (TPSA) is 77.8 Å². The molecule has 2 N–H and O–H groups in total. The van der Waals surface area contributed by atoms with Gasteiger partial charge in [-0.05, 0) is 43.0 Å². The number of carbonyl (C=O) groups is 1. The van der Waals surface area contributed by atoms with Crippen molar-refractivity contribution in [2.24, 2.45) is 0 Å². The van der Waals surface area contributed by atoms with Gasteiger partial charge in [0.05, 0.1) is 0 Å². The Morgan fingerprint density at radius 1 is 1.25 bits per heavy atom. The molecule has 1 heterocycles. The average molecular weight is 320 g/mol. The fourth-order valence-electron chi connectivity index (χ4n) is 2.31. The Balaban J connectivity index is 2.20. The standard InChI is InChI=1S/C19H20N4O/c1-4-15-9-5-7-13(2)17(15)23-19(24)16(11-20)12-22-18-14(3)8-6-10-21-18/h5-10,12H,4H2,1-3H3,(H,21,22)(H,23,24)/b16-12-. The SMILES string of the molecule is CCc1cccc(C)c1NC(=O)/C(C#N)=C\Nc1ncccc1C. The van der Waals surface area contributed by atoms with Crippen molar-refractivity contribution in [1.82, 2.24) is 4.98 Å². The molecule has 5 nitrogen and oxygen atoms in total. The molecule has 1 amide bonds. The molecular weight excluding hydrogens is 300 g/mol. The highest BCUT2D eigenvalue weighted by atomic mass is 16.1. The number of anilines is 2. The van der Waals surface area contributed by atoms with Gasteiger partial charge < -0.3 is 10.6 Å². The lowest BCUT2D eigenvalue weighted by Crippen LogP contribution is -2.16. The number of aryl methyl sites for hydroxylation is 3. The third-order valence-electron chi connectivity index (χ3n) is 3.71. The summed E-state index contributed by atoms with van der Waals surface area (Å²) in [7, 11) is 0. The Labute approximate surface area is 142 Å². The van der Waals surface area contributed by atoms with Gasteiger partial charge in [-0.25, -0.2) is 4.98 Å². The molecule has 0 bridgehead atoms. The number of aromatic nitrogens is 1. The number of benzene rings is 1. The average Bonchev–Trinajstić information content (AvgIpc) is 2.58. The molecule has 0 saturated carbocycles. The first-order valence-corrected chi connectivity index (χ1v) is 7.75. The summed E-state index contributed by atoms with van der Waals surface area (Å²) in [6, 6.07) is 11.5. The quantitative estimate of drug-likeness (QED) is 0.650. The summed E-state index contributed by atoms with van der Waals surface area (Å²) >= 11 is 0. The molecule has 0 aliphatic heterocycles. The second kappa shape index (κ2) is 7.93. The monoisotopic (exact) mass is 320 g/mol. The number of nitrogens with zero attached hydrogens (tertiary/aromatic N) is 2. The van der Waals surface area contributed by atoms with Gasteiger partial charge >= 0.3 is 0 Å². The number of hydrogen-bond donors (Lipinski definition) is 2. The molecule has 0 aliphatic rings. The summed E-state index contributed by atoms with van der Waals surface area (Å²) in [5, 5.41) is 15.0. The van der Waals surface area contributed by atoms with Crippen LogP contribution in [0.25, 0.3) is 0 Å². The number of hydrogen-bond acceptors (Lipinski definition) is 4.